The third kappa shape index (κ3) is 4.63. The first kappa shape index (κ1) is 21.8. The molecule has 3 N–H and O–H groups in total. The molecular formula is C22H30N4O4. The molecule has 8 heteroatoms. The average molecular weight is 415 g/mol. The van der Waals surface area contributed by atoms with Gasteiger partial charge in [-0.2, -0.15) is 0 Å². The molecule has 1 aromatic carbocycles. The van der Waals surface area contributed by atoms with Crippen molar-refractivity contribution in [3.63, 3.8) is 0 Å². The van der Waals surface area contributed by atoms with Crippen molar-refractivity contribution < 1.29 is 19.2 Å². The van der Waals surface area contributed by atoms with Crippen molar-refractivity contribution in [3.8, 4) is 0 Å². The maximum Gasteiger partial charge on any atom is 0.322 e. The predicted octanol–water partition coefficient (Wildman–Crippen LogP) is 2.24. The molecule has 0 unspecified atom stereocenters. The molecule has 1 heterocycles. The zero-order valence-electron chi connectivity index (χ0n) is 17.6. The van der Waals surface area contributed by atoms with Crippen LogP contribution in [-0.2, 0) is 14.4 Å². The summed E-state index contributed by atoms with van der Waals surface area (Å²) in [5.74, 6) is -1.13. The molecular weight excluding hydrogens is 384 g/mol. The number of para-hydroxylation sites is 1. The van der Waals surface area contributed by atoms with Crippen LogP contribution < -0.4 is 20.9 Å². The van der Waals surface area contributed by atoms with Gasteiger partial charge in [0.1, 0.15) is 11.6 Å². The maximum absolute atomic E-state index is 13.4. The lowest BCUT2D eigenvalue weighted by atomic mass is 9.90. The highest BCUT2D eigenvalue weighted by Gasteiger charge is 2.44. The number of carbonyl (C=O) groups excluding carboxylic acids is 4. The summed E-state index contributed by atoms with van der Waals surface area (Å²) in [5, 5.41) is 7.74. The summed E-state index contributed by atoms with van der Waals surface area (Å²) >= 11 is 0. The number of amides is 5. The molecule has 0 bridgehead atoms. The lowest BCUT2D eigenvalue weighted by Crippen LogP contribution is -2.61. The van der Waals surface area contributed by atoms with Crippen LogP contribution in [0, 0.1) is 0 Å². The number of nitrogens with one attached hydrogen (secondary N) is 3. The monoisotopic (exact) mass is 414 g/mol. The Morgan fingerprint density at radius 2 is 1.80 bits per heavy atom. The van der Waals surface area contributed by atoms with Crippen LogP contribution in [0.3, 0.4) is 0 Å². The normalized spacial score (nSPS) is 21.3. The lowest BCUT2D eigenvalue weighted by Gasteiger charge is -2.41. The summed E-state index contributed by atoms with van der Waals surface area (Å²) in [6.07, 6.45) is 5.42. The molecule has 0 aromatic heterocycles. The predicted molar refractivity (Wildman–Crippen MR) is 113 cm³/mol. The summed E-state index contributed by atoms with van der Waals surface area (Å²) in [4.78, 5) is 51.6. The molecule has 30 heavy (non-hydrogen) atoms. The number of rotatable bonds is 7. The van der Waals surface area contributed by atoms with E-state index in [0.717, 1.165) is 25.7 Å². The summed E-state index contributed by atoms with van der Waals surface area (Å²) in [6.45, 7) is 3.62. The maximum atomic E-state index is 13.4. The van der Waals surface area contributed by atoms with E-state index in [4.69, 9.17) is 0 Å². The van der Waals surface area contributed by atoms with Crippen molar-refractivity contribution in [1.82, 2.24) is 16.0 Å². The zero-order valence-corrected chi connectivity index (χ0v) is 17.6. The number of anilines is 1. The minimum absolute atomic E-state index is 0.116. The van der Waals surface area contributed by atoms with Crippen LogP contribution in [-0.4, -0.2) is 41.4 Å². The van der Waals surface area contributed by atoms with E-state index in [9.17, 15) is 19.2 Å². The number of hydrogen-bond donors (Lipinski definition) is 3. The third-order valence-corrected chi connectivity index (χ3v) is 6.11. The van der Waals surface area contributed by atoms with Gasteiger partial charge >= 0.3 is 6.03 Å². The Hall–Kier alpha value is -2.90. The SMILES string of the molecule is CC[C@](C)(C(=O)NC1CCCCC1)N(C(=O)C[C@H]1NC(=O)NC1=O)c1ccccc1. The second-order valence-electron chi connectivity index (χ2n) is 8.22. The van der Waals surface area contributed by atoms with Gasteiger partial charge in [0.05, 0.1) is 6.42 Å². The van der Waals surface area contributed by atoms with E-state index in [-0.39, 0.29) is 18.4 Å². The minimum atomic E-state index is -1.13. The molecule has 2 fully saturated rings. The van der Waals surface area contributed by atoms with Gasteiger partial charge in [-0.25, -0.2) is 4.79 Å². The Bertz CT molecular complexity index is 807. The molecule has 162 valence electrons. The minimum Gasteiger partial charge on any atom is -0.351 e. The lowest BCUT2D eigenvalue weighted by molar-refractivity contribution is -0.131. The van der Waals surface area contributed by atoms with E-state index in [0.29, 0.717) is 12.1 Å². The Balaban J connectivity index is 1.87. The van der Waals surface area contributed by atoms with E-state index in [1.54, 1.807) is 31.2 Å². The van der Waals surface area contributed by atoms with Gasteiger partial charge in [-0.1, -0.05) is 44.4 Å². The highest BCUT2D eigenvalue weighted by Crippen LogP contribution is 2.30. The number of carbonyl (C=O) groups is 4. The van der Waals surface area contributed by atoms with Crippen LogP contribution in [0.4, 0.5) is 10.5 Å². The molecule has 0 radical (unpaired) electrons. The van der Waals surface area contributed by atoms with Gasteiger partial charge in [0.2, 0.25) is 11.8 Å². The molecule has 2 aliphatic rings. The fourth-order valence-corrected chi connectivity index (χ4v) is 4.16. The Labute approximate surface area is 176 Å². The van der Waals surface area contributed by atoms with E-state index >= 15 is 0 Å². The van der Waals surface area contributed by atoms with Gasteiger partial charge in [0, 0.05) is 11.7 Å². The van der Waals surface area contributed by atoms with E-state index < -0.39 is 29.4 Å². The number of hydrogen-bond acceptors (Lipinski definition) is 4. The first-order chi connectivity index (χ1) is 14.3. The number of benzene rings is 1. The quantitative estimate of drug-likeness (QED) is 0.595. The van der Waals surface area contributed by atoms with Crippen molar-refractivity contribution >= 4 is 29.4 Å². The molecule has 1 aliphatic carbocycles. The molecule has 8 nitrogen and oxygen atoms in total. The highest BCUT2D eigenvalue weighted by atomic mass is 16.2. The van der Waals surface area contributed by atoms with Gasteiger partial charge in [-0.3, -0.25) is 24.6 Å². The average Bonchev–Trinajstić information content (AvgIpc) is 3.06. The first-order valence-electron chi connectivity index (χ1n) is 10.7. The van der Waals surface area contributed by atoms with Crippen molar-refractivity contribution in [3.05, 3.63) is 30.3 Å². The third-order valence-electron chi connectivity index (χ3n) is 6.11. The fourth-order valence-electron chi connectivity index (χ4n) is 4.16. The standard InChI is InChI=1S/C22H30N4O4/c1-3-22(2,20(29)23-15-10-6-4-7-11-15)26(16-12-8-5-9-13-16)18(27)14-17-19(28)25-21(30)24-17/h5,8-9,12-13,15,17H,3-4,6-7,10-11,14H2,1-2H3,(H,23,29)(H2,24,25,28,30)/t17-,22-/m1/s1. The summed E-state index contributed by atoms with van der Waals surface area (Å²) in [6, 6.07) is 7.53. The molecule has 1 saturated carbocycles. The smallest absolute Gasteiger partial charge is 0.322 e. The van der Waals surface area contributed by atoms with Gasteiger partial charge in [-0.05, 0) is 38.3 Å². The largest absolute Gasteiger partial charge is 0.351 e. The number of urea groups is 1. The van der Waals surface area contributed by atoms with Gasteiger partial charge in [-0.15, -0.1) is 0 Å². The molecule has 1 aromatic rings. The molecule has 0 spiro atoms. The topological polar surface area (TPSA) is 108 Å². The summed E-state index contributed by atoms with van der Waals surface area (Å²) in [7, 11) is 0. The molecule has 2 atom stereocenters. The second kappa shape index (κ2) is 9.28. The Morgan fingerprint density at radius 1 is 1.13 bits per heavy atom. The van der Waals surface area contributed by atoms with Crippen LogP contribution in [0.15, 0.2) is 30.3 Å². The van der Waals surface area contributed by atoms with Crippen molar-refractivity contribution in [1.29, 1.82) is 0 Å². The van der Waals surface area contributed by atoms with E-state index in [1.165, 1.54) is 11.3 Å². The summed E-state index contributed by atoms with van der Waals surface area (Å²) in [5.41, 5.74) is -0.551. The van der Waals surface area contributed by atoms with Crippen molar-refractivity contribution in [2.75, 3.05) is 4.90 Å². The first-order valence-corrected chi connectivity index (χ1v) is 10.7. The molecule has 1 aliphatic heterocycles. The van der Waals surface area contributed by atoms with Crippen LogP contribution in [0.2, 0.25) is 0 Å². The number of imide groups is 1. The molecule has 5 amide bonds. The Kier molecular flexibility index (Phi) is 6.74. The van der Waals surface area contributed by atoms with E-state index in [2.05, 4.69) is 16.0 Å². The van der Waals surface area contributed by atoms with Gasteiger partial charge in [0.25, 0.3) is 5.91 Å². The van der Waals surface area contributed by atoms with Crippen molar-refractivity contribution in [2.24, 2.45) is 0 Å². The molecule has 1 saturated heterocycles. The van der Waals surface area contributed by atoms with Crippen LogP contribution in [0.5, 0.6) is 0 Å². The fraction of sp³-hybridized carbons (Fsp3) is 0.545. The number of nitrogens with zero attached hydrogens (tertiary/aromatic N) is 1. The summed E-state index contributed by atoms with van der Waals surface area (Å²) < 4.78 is 0. The van der Waals surface area contributed by atoms with Crippen molar-refractivity contribution in [2.45, 2.75) is 76.4 Å². The highest BCUT2D eigenvalue weighted by molar-refractivity contribution is 6.09. The Morgan fingerprint density at radius 3 is 2.37 bits per heavy atom. The molecule has 3 rings (SSSR count). The van der Waals surface area contributed by atoms with Crippen LogP contribution in [0.1, 0.15) is 58.8 Å². The zero-order chi connectivity index (χ0) is 21.7. The van der Waals surface area contributed by atoms with Crippen LogP contribution >= 0.6 is 0 Å². The van der Waals surface area contributed by atoms with Crippen LogP contribution in [0.25, 0.3) is 0 Å². The second-order valence-corrected chi connectivity index (χ2v) is 8.22. The van der Waals surface area contributed by atoms with Gasteiger partial charge < -0.3 is 10.6 Å². The van der Waals surface area contributed by atoms with E-state index in [1.807, 2.05) is 13.0 Å². The van der Waals surface area contributed by atoms with Gasteiger partial charge in [0.15, 0.2) is 0 Å².